The molecule has 0 radical (unpaired) electrons. The molecule has 0 aromatic rings. The van der Waals surface area contributed by atoms with Gasteiger partial charge in [0.05, 0.1) is 0 Å². The highest BCUT2D eigenvalue weighted by molar-refractivity contribution is 5.39. The molecule has 0 heteroatoms. The first kappa shape index (κ1) is 9.31. The van der Waals surface area contributed by atoms with Crippen LogP contribution in [-0.2, 0) is 0 Å². The molecule has 0 bridgehead atoms. The van der Waals surface area contributed by atoms with Crippen molar-refractivity contribution in [2.75, 3.05) is 0 Å². The molecule has 66 valence electrons. The Bertz CT molecular complexity index is 218. The first-order valence-electron chi connectivity index (χ1n) is 4.82. The molecule has 0 aromatic carbocycles. The molecule has 1 rings (SSSR count). The lowest BCUT2D eigenvalue weighted by molar-refractivity contribution is 0.674. The van der Waals surface area contributed by atoms with E-state index >= 15 is 0 Å². The summed E-state index contributed by atoms with van der Waals surface area (Å²) in [6.45, 7) is 10.1. The molecule has 1 fully saturated rings. The maximum Gasteiger partial charge on any atom is -0.0274 e. The lowest BCUT2D eigenvalue weighted by Gasteiger charge is -2.19. The van der Waals surface area contributed by atoms with E-state index in [2.05, 4.69) is 20.1 Å². The van der Waals surface area contributed by atoms with Gasteiger partial charge in [-0.05, 0) is 43.3 Å². The van der Waals surface area contributed by atoms with E-state index in [0.717, 1.165) is 6.42 Å². The van der Waals surface area contributed by atoms with E-state index in [1.807, 2.05) is 6.08 Å². The molecule has 1 aliphatic rings. The summed E-state index contributed by atoms with van der Waals surface area (Å²) in [6, 6.07) is 0. The van der Waals surface area contributed by atoms with E-state index in [1.165, 1.54) is 42.4 Å². The van der Waals surface area contributed by atoms with E-state index in [9.17, 15) is 0 Å². The lowest BCUT2D eigenvalue weighted by atomic mass is 9.86. The fraction of sp³-hybridized carbons (Fsp3) is 0.500. The van der Waals surface area contributed by atoms with Crippen LogP contribution < -0.4 is 0 Å². The van der Waals surface area contributed by atoms with Gasteiger partial charge in [0.15, 0.2) is 0 Å². The Hall–Kier alpha value is -0.780. The molecule has 0 heterocycles. The molecule has 0 unspecified atom stereocenters. The van der Waals surface area contributed by atoms with Crippen molar-refractivity contribution in [3.63, 3.8) is 0 Å². The minimum atomic E-state index is 1.10. The van der Waals surface area contributed by atoms with Crippen molar-refractivity contribution in [1.29, 1.82) is 0 Å². The molecule has 12 heavy (non-hydrogen) atoms. The Labute approximate surface area is 75.7 Å². The summed E-state index contributed by atoms with van der Waals surface area (Å²) in [5, 5.41) is 0. The smallest absolute Gasteiger partial charge is 0.0274 e. The average molecular weight is 162 g/mol. The van der Waals surface area contributed by atoms with E-state index in [0.29, 0.717) is 0 Å². The highest BCUT2D eigenvalue weighted by Gasteiger charge is 2.11. The van der Waals surface area contributed by atoms with Crippen LogP contribution >= 0.6 is 0 Å². The highest BCUT2D eigenvalue weighted by Crippen LogP contribution is 2.30. The molecular weight excluding hydrogens is 144 g/mol. The van der Waals surface area contributed by atoms with Gasteiger partial charge < -0.3 is 0 Å². The molecule has 0 saturated heterocycles. The van der Waals surface area contributed by atoms with E-state index in [-0.39, 0.29) is 0 Å². The van der Waals surface area contributed by atoms with Crippen LogP contribution in [-0.4, -0.2) is 0 Å². The van der Waals surface area contributed by atoms with Crippen molar-refractivity contribution < 1.29 is 0 Å². The van der Waals surface area contributed by atoms with Crippen LogP contribution in [0.25, 0.3) is 0 Å². The summed E-state index contributed by atoms with van der Waals surface area (Å²) in [4.78, 5) is 0. The van der Waals surface area contributed by atoms with Crippen molar-refractivity contribution in [2.24, 2.45) is 0 Å². The monoisotopic (exact) mass is 162 g/mol. The number of hydrogen-bond acceptors (Lipinski definition) is 0. The predicted octanol–water partition coefficient (Wildman–Crippen LogP) is 4.01. The normalized spacial score (nSPS) is 22.2. The minimum Gasteiger partial charge on any atom is -0.0988 e. The van der Waals surface area contributed by atoms with E-state index in [1.54, 1.807) is 0 Å². The average Bonchev–Trinajstić information content (AvgIpc) is 2.10. The molecular formula is C12H18. The molecule has 0 atom stereocenters. The third kappa shape index (κ3) is 1.88. The van der Waals surface area contributed by atoms with Gasteiger partial charge in [-0.15, -0.1) is 0 Å². The van der Waals surface area contributed by atoms with Crippen LogP contribution in [0.2, 0.25) is 0 Å². The van der Waals surface area contributed by atoms with Crippen molar-refractivity contribution >= 4 is 0 Å². The molecule has 0 nitrogen and oxygen atoms in total. The van der Waals surface area contributed by atoms with Crippen LogP contribution in [0.3, 0.4) is 0 Å². The van der Waals surface area contributed by atoms with Gasteiger partial charge in [0.1, 0.15) is 0 Å². The van der Waals surface area contributed by atoms with Gasteiger partial charge >= 0.3 is 0 Å². The summed E-state index contributed by atoms with van der Waals surface area (Å²) in [5.74, 6) is 0. The van der Waals surface area contributed by atoms with Gasteiger partial charge in [0, 0.05) is 0 Å². The summed E-state index contributed by atoms with van der Waals surface area (Å²) >= 11 is 0. The number of allylic oxidation sites excluding steroid dienone is 4. The third-order valence-corrected chi connectivity index (χ3v) is 2.60. The SMILES string of the molecule is C=C/C(CC)=C1/CCCCC1=C. The summed E-state index contributed by atoms with van der Waals surface area (Å²) in [7, 11) is 0. The van der Waals surface area contributed by atoms with Crippen LogP contribution in [0.5, 0.6) is 0 Å². The van der Waals surface area contributed by atoms with Crippen LogP contribution in [0.15, 0.2) is 36.0 Å². The number of hydrogen-bond donors (Lipinski definition) is 0. The molecule has 1 aliphatic carbocycles. The first-order valence-corrected chi connectivity index (χ1v) is 4.82. The Morgan fingerprint density at radius 2 is 2.08 bits per heavy atom. The largest absolute Gasteiger partial charge is 0.0988 e. The van der Waals surface area contributed by atoms with Crippen LogP contribution in [0.4, 0.5) is 0 Å². The summed E-state index contributed by atoms with van der Waals surface area (Å²) in [5.41, 5.74) is 4.23. The predicted molar refractivity (Wildman–Crippen MR) is 55.1 cm³/mol. The van der Waals surface area contributed by atoms with Gasteiger partial charge in [-0.2, -0.15) is 0 Å². The Kier molecular flexibility index (Phi) is 3.33. The van der Waals surface area contributed by atoms with Crippen LogP contribution in [0.1, 0.15) is 39.0 Å². The fourth-order valence-corrected chi connectivity index (χ4v) is 1.84. The molecule has 0 spiro atoms. The van der Waals surface area contributed by atoms with Gasteiger partial charge in [0.25, 0.3) is 0 Å². The quantitative estimate of drug-likeness (QED) is 0.575. The molecule has 1 saturated carbocycles. The van der Waals surface area contributed by atoms with Crippen LogP contribution in [0, 0.1) is 0 Å². The van der Waals surface area contributed by atoms with Crippen molar-refractivity contribution in [3.05, 3.63) is 36.0 Å². The van der Waals surface area contributed by atoms with Gasteiger partial charge in [0.2, 0.25) is 0 Å². The summed E-state index contributed by atoms with van der Waals surface area (Å²) < 4.78 is 0. The van der Waals surface area contributed by atoms with E-state index in [4.69, 9.17) is 0 Å². The second-order valence-corrected chi connectivity index (χ2v) is 3.37. The van der Waals surface area contributed by atoms with Gasteiger partial charge in [-0.25, -0.2) is 0 Å². The van der Waals surface area contributed by atoms with E-state index < -0.39 is 0 Å². The number of rotatable bonds is 2. The topological polar surface area (TPSA) is 0 Å². The van der Waals surface area contributed by atoms with Crippen molar-refractivity contribution in [2.45, 2.75) is 39.0 Å². The maximum absolute atomic E-state index is 4.11. The lowest BCUT2D eigenvalue weighted by Crippen LogP contribution is -2.00. The molecule has 0 aromatic heterocycles. The second-order valence-electron chi connectivity index (χ2n) is 3.37. The maximum atomic E-state index is 4.11. The Morgan fingerprint density at radius 1 is 1.42 bits per heavy atom. The highest BCUT2D eigenvalue weighted by atomic mass is 14.2. The first-order chi connectivity index (χ1) is 5.79. The molecule has 0 aliphatic heterocycles. The molecule has 0 N–H and O–H groups in total. The molecule has 0 amide bonds. The zero-order valence-corrected chi connectivity index (χ0v) is 8.03. The Morgan fingerprint density at radius 3 is 2.58 bits per heavy atom. The standard InChI is InChI=1S/C12H18/c1-4-11(5-2)12-9-7-6-8-10(12)3/h4H,1,3,5-9H2,2H3/b12-11+. The van der Waals surface area contributed by atoms with Crippen molar-refractivity contribution in [1.82, 2.24) is 0 Å². The summed E-state index contributed by atoms with van der Waals surface area (Å²) in [6.07, 6.45) is 8.13. The zero-order chi connectivity index (χ0) is 8.97. The van der Waals surface area contributed by atoms with Gasteiger partial charge in [-0.1, -0.05) is 31.7 Å². The second kappa shape index (κ2) is 4.30. The Balaban J connectivity index is 2.87. The zero-order valence-electron chi connectivity index (χ0n) is 8.03. The van der Waals surface area contributed by atoms with Crippen molar-refractivity contribution in [3.8, 4) is 0 Å². The minimum absolute atomic E-state index is 1.10. The third-order valence-electron chi connectivity index (χ3n) is 2.60. The van der Waals surface area contributed by atoms with Gasteiger partial charge in [-0.3, -0.25) is 0 Å². The fourth-order valence-electron chi connectivity index (χ4n) is 1.84.